The summed E-state index contributed by atoms with van der Waals surface area (Å²) in [7, 11) is 1.75. The molecule has 0 saturated heterocycles. The second-order valence-electron chi connectivity index (χ2n) is 5.37. The molecule has 0 unspecified atom stereocenters. The van der Waals surface area contributed by atoms with Crippen molar-refractivity contribution in [2.45, 2.75) is 63.4 Å². The fourth-order valence-electron chi connectivity index (χ4n) is 2.56. The zero-order valence-electron chi connectivity index (χ0n) is 11.3. The van der Waals surface area contributed by atoms with Gasteiger partial charge >= 0.3 is 0 Å². The van der Waals surface area contributed by atoms with Gasteiger partial charge in [0.05, 0.1) is 5.60 Å². The molecule has 0 atom stereocenters. The quantitative estimate of drug-likeness (QED) is 0.508. The van der Waals surface area contributed by atoms with Gasteiger partial charge in [-0.25, -0.2) is 0 Å². The van der Waals surface area contributed by atoms with Crippen molar-refractivity contribution in [1.29, 1.82) is 0 Å². The summed E-state index contributed by atoms with van der Waals surface area (Å²) >= 11 is 0. The molecule has 0 aromatic rings. The Hall–Kier alpha value is -0.120. The number of hydrogen-bond acceptors (Lipinski definition) is 3. The van der Waals surface area contributed by atoms with Crippen molar-refractivity contribution in [2.75, 3.05) is 26.8 Å². The molecule has 1 aliphatic rings. The van der Waals surface area contributed by atoms with Crippen LogP contribution in [0.25, 0.3) is 0 Å². The van der Waals surface area contributed by atoms with Crippen molar-refractivity contribution in [1.82, 2.24) is 5.32 Å². The third-order valence-corrected chi connectivity index (χ3v) is 3.69. The first kappa shape index (κ1) is 14.9. The molecule has 102 valence electrons. The predicted molar refractivity (Wildman–Crippen MR) is 71.2 cm³/mol. The molecule has 1 aliphatic carbocycles. The Bertz CT molecular complexity index is 177. The van der Waals surface area contributed by atoms with Gasteiger partial charge in [-0.05, 0) is 38.6 Å². The molecule has 0 aromatic carbocycles. The lowest BCUT2D eigenvalue weighted by molar-refractivity contribution is 0.0254. The van der Waals surface area contributed by atoms with E-state index in [0.717, 1.165) is 39.0 Å². The zero-order chi connectivity index (χ0) is 12.4. The van der Waals surface area contributed by atoms with Gasteiger partial charge < -0.3 is 15.2 Å². The van der Waals surface area contributed by atoms with Crippen molar-refractivity contribution in [3.05, 3.63) is 0 Å². The predicted octanol–water partition coefficient (Wildman–Crippen LogP) is 2.48. The first-order valence-corrected chi connectivity index (χ1v) is 7.19. The molecule has 0 heterocycles. The van der Waals surface area contributed by atoms with Crippen molar-refractivity contribution >= 4 is 0 Å². The van der Waals surface area contributed by atoms with Crippen LogP contribution in [0.4, 0.5) is 0 Å². The minimum Gasteiger partial charge on any atom is -0.389 e. The highest BCUT2D eigenvalue weighted by Gasteiger charge is 2.26. The van der Waals surface area contributed by atoms with E-state index in [1.807, 2.05) is 0 Å². The Kier molecular flexibility index (Phi) is 7.82. The molecule has 0 aliphatic heterocycles. The molecule has 0 bridgehead atoms. The number of aliphatic hydroxyl groups is 1. The second-order valence-corrected chi connectivity index (χ2v) is 5.37. The number of ether oxygens (including phenoxy) is 1. The monoisotopic (exact) mass is 243 g/mol. The van der Waals surface area contributed by atoms with E-state index in [-0.39, 0.29) is 0 Å². The standard InChI is InChI=1S/C14H29NO2/c1-17-12-8-4-7-11-15-13-14(16)9-5-2-3-6-10-14/h15-16H,2-13H2,1H3. The molecule has 0 aromatic heterocycles. The Labute approximate surface area is 106 Å². The highest BCUT2D eigenvalue weighted by atomic mass is 16.5. The Morgan fingerprint density at radius 2 is 1.76 bits per heavy atom. The molecular formula is C14H29NO2. The second kappa shape index (κ2) is 8.90. The third-order valence-electron chi connectivity index (χ3n) is 3.69. The average Bonchev–Trinajstić information content (AvgIpc) is 2.53. The summed E-state index contributed by atoms with van der Waals surface area (Å²) in [6, 6.07) is 0. The smallest absolute Gasteiger partial charge is 0.0771 e. The van der Waals surface area contributed by atoms with Crippen LogP contribution >= 0.6 is 0 Å². The molecule has 1 fully saturated rings. The summed E-state index contributed by atoms with van der Waals surface area (Å²) in [5.41, 5.74) is -0.428. The molecule has 0 amide bonds. The molecular weight excluding hydrogens is 214 g/mol. The lowest BCUT2D eigenvalue weighted by atomic mass is 9.94. The van der Waals surface area contributed by atoms with Crippen LogP contribution in [0.2, 0.25) is 0 Å². The maximum atomic E-state index is 10.4. The van der Waals surface area contributed by atoms with Crippen molar-refractivity contribution in [3.63, 3.8) is 0 Å². The van der Waals surface area contributed by atoms with Crippen LogP contribution < -0.4 is 5.32 Å². The Balaban J connectivity index is 2.00. The van der Waals surface area contributed by atoms with E-state index < -0.39 is 5.60 Å². The van der Waals surface area contributed by atoms with Crippen molar-refractivity contribution in [2.24, 2.45) is 0 Å². The van der Waals surface area contributed by atoms with E-state index in [4.69, 9.17) is 4.74 Å². The third kappa shape index (κ3) is 7.02. The number of hydrogen-bond donors (Lipinski definition) is 2. The summed E-state index contributed by atoms with van der Waals surface area (Å²) in [5.74, 6) is 0. The van der Waals surface area contributed by atoms with E-state index in [2.05, 4.69) is 5.32 Å². The Morgan fingerprint density at radius 3 is 2.41 bits per heavy atom. The van der Waals surface area contributed by atoms with Gasteiger partial charge in [-0.3, -0.25) is 0 Å². The van der Waals surface area contributed by atoms with E-state index in [1.54, 1.807) is 7.11 Å². The van der Waals surface area contributed by atoms with Gasteiger partial charge in [0.25, 0.3) is 0 Å². The lowest BCUT2D eigenvalue weighted by Gasteiger charge is -2.27. The molecule has 0 radical (unpaired) electrons. The average molecular weight is 243 g/mol. The number of unbranched alkanes of at least 4 members (excludes halogenated alkanes) is 2. The van der Waals surface area contributed by atoms with Crippen LogP contribution in [0.5, 0.6) is 0 Å². The van der Waals surface area contributed by atoms with Crippen LogP contribution in [-0.2, 0) is 4.74 Å². The molecule has 1 rings (SSSR count). The highest BCUT2D eigenvalue weighted by molar-refractivity contribution is 4.83. The maximum Gasteiger partial charge on any atom is 0.0771 e. The van der Waals surface area contributed by atoms with Gasteiger partial charge in [0, 0.05) is 20.3 Å². The molecule has 1 saturated carbocycles. The fourth-order valence-corrected chi connectivity index (χ4v) is 2.56. The molecule has 3 nitrogen and oxygen atoms in total. The molecule has 3 heteroatoms. The SMILES string of the molecule is COCCCCCNCC1(O)CCCCCC1. The van der Waals surface area contributed by atoms with Crippen molar-refractivity contribution < 1.29 is 9.84 Å². The van der Waals surface area contributed by atoms with Gasteiger partial charge in [-0.1, -0.05) is 25.7 Å². The van der Waals surface area contributed by atoms with Crippen LogP contribution in [-0.4, -0.2) is 37.5 Å². The zero-order valence-corrected chi connectivity index (χ0v) is 11.3. The number of rotatable bonds is 8. The lowest BCUT2D eigenvalue weighted by Crippen LogP contribution is -2.40. The van der Waals surface area contributed by atoms with Crippen LogP contribution in [0.1, 0.15) is 57.8 Å². The van der Waals surface area contributed by atoms with Crippen LogP contribution in [0, 0.1) is 0 Å². The summed E-state index contributed by atoms with van der Waals surface area (Å²) in [6.45, 7) is 2.66. The molecule has 17 heavy (non-hydrogen) atoms. The fraction of sp³-hybridized carbons (Fsp3) is 1.00. The summed E-state index contributed by atoms with van der Waals surface area (Å²) in [6.07, 6.45) is 10.4. The van der Waals surface area contributed by atoms with Crippen molar-refractivity contribution in [3.8, 4) is 0 Å². The maximum absolute atomic E-state index is 10.4. The van der Waals surface area contributed by atoms with E-state index in [1.165, 1.54) is 38.5 Å². The van der Waals surface area contributed by atoms with Gasteiger partial charge in [0.2, 0.25) is 0 Å². The first-order valence-electron chi connectivity index (χ1n) is 7.19. The van der Waals surface area contributed by atoms with E-state index >= 15 is 0 Å². The summed E-state index contributed by atoms with van der Waals surface area (Å²) in [5, 5.41) is 13.8. The summed E-state index contributed by atoms with van der Waals surface area (Å²) < 4.78 is 5.01. The number of methoxy groups -OCH3 is 1. The van der Waals surface area contributed by atoms with Gasteiger partial charge in [0.1, 0.15) is 0 Å². The van der Waals surface area contributed by atoms with Gasteiger partial charge in [-0.15, -0.1) is 0 Å². The number of nitrogens with one attached hydrogen (secondary N) is 1. The van der Waals surface area contributed by atoms with E-state index in [0.29, 0.717) is 0 Å². The molecule has 0 spiro atoms. The largest absolute Gasteiger partial charge is 0.389 e. The minimum atomic E-state index is -0.428. The topological polar surface area (TPSA) is 41.5 Å². The molecule has 2 N–H and O–H groups in total. The van der Waals surface area contributed by atoms with Gasteiger partial charge in [-0.2, -0.15) is 0 Å². The first-order chi connectivity index (χ1) is 8.27. The minimum absolute atomic E-state index is 0.428. The Morgan fingerprint density at radius 1 is 1.06 bits per heavy atom. The van der Waals surface area contributed by atoms with Crippen LogP contribution in [0.3, 0.4) is 0 Å². The van der Waals surface area contributed by atoms with Crippen LogP contribution in [0.15, 0.2) is 0 Å². The summed E-state index contributed by atoms with van der Waals surface area (Å²) in [4.78, 5) is 0. The normalized spacial score (nSPS) is 20.1. The van der Waals surface area contributed by atoms with E-state index in [9.17, 15) is 5.11 Å². The highest BCUT2D eigenvalue weighted by Crippen LogP contribution is 2.26. The van der Waals surface area contributed by atoms with Gasteiger partial charge in [0.15, 0.2) is 0 Å².